The number of furan rings is 1. The third kappa shape index (κ3) is 3.26. The maximum absolute atomic E-state index is 12.9. The number of rotatable bonds is 4. The van der Waals surface area contributed by atoms with Crippen LogP contribution in [0.3, 0.4) is 0 Å². The lowest BCUT2D eigenvalue weighted by Crippen LogP contribution is -2.38. The number of aryl methyl sites for hydroxylation is 3. The van der Waals surface area contributed by atoms with Gasteiger partial charge in [0.25, 0.3) is 5.91 Å². The van der Waals surface area contributed by atoms with Gasteiger partial charge >= 0.3 is 0 Å². The predicted molar refractivity (Wildman–Crippen MR) is 101 cm³/mol. The SMILES string of the molecule is Cc1ccc2c(C)c(C(=O)N3CCC(CCn4cccn4)CC3)oc2c1. The third-order valence-electron chi connectivity index (χ3n) is 5.52. The number of hydrogen-bond acceptors (Lipinski definition) is 3. The van der Waals surface area contributed by atoms with E-state index in [1.165, 1.54) is 0 Å². The first kappa shape index (κ1) is 16.9. The molecule has 0 spiro atoms. The van der Waals surface area contributed by atoms with Crippen LogP contribution in [0.5, 0.6) is 0 Å². The van der Waals surface area contributed by atoms with E-state index in [0.29, 0.717) is 11.7 Å². The Labute approximate surface area is 153 Å². The number of likely N-dealkylation sites (tertiary alicyclic amines) is 1. The van der Waals surface area contributed by atoms with Gasteiger partial charge in [0, 0.05) is 43.0 Å². The summed E-state index contributed by atoms with van der Waals surface area (Å²) in [5.74, 6) is 1.19. The normalized spacial score (nSPS) is 15.7. The van der Waals surface area contributed by atoms with Crippen LogP contribution >= 0.6 is 0 Å². The quantitative estimate of drug-likeness (QED) is 0.708. The van der Waals surface area contributed by atoms with Gasteiger partial charge in [0.1, 0.15) is 5.58 Å². The molecule has 1 aromatic carbocycles. The summed E-state index contributed by atoms with van der Waals surface area (Å²) in [6.45, 7) is 6.57. The Hall–Kier alpha value is -2.56. The molecule has 1 saturated heterocycles. The summed E-state index contributed by atoms with van der Waals surface area (Å²) >= 11 is 0. The van der Waals surface area contributed by atoms with Crippen molar-refractivity contribution in [1.29, 1.82) is 0 Å². The molecular weight excluding hydrogens is 326 g/mol. The number of amides is 1. The van der Waals surface area contributed by atoms with Crippen LogP contribution in [0.25, 0.3) is 11.0 Å². The number of benzene rings is 1. The Morgan fingerprint density at radius 3 is 2.81 bits per heavy atom. The van der Waals surface area contributed by atoms with Crippen LogP contribution in [0, 0.1) is 19.8 Å². The minimum Gasteiger partial charge on any atom is -0.451 e. The van der Waals surface area contributed by atoms with Crippen LogP contribution in [0.1, 0.15) is 40.9 Å². The Bertz CT molecular complexity index is 903. The fourth-order valence-corrected chi connectivity index (χ4v) is 3.85. The van der Waals surface area contributed by atoms with Gasteiger partial charge in [0.05, 0.1) is 0 Å². The monoisotopic (exact) mass is 351 g/mol. The fourth-order valence-electron chi connectivity index (χ4n) is 3.85. The molecule has 0 atom stereocenters. The maximum Gasteiger partial charge on any atom is 0.289 e. The van der Waals surface area contributed by atoms with Crippen LogP contribution in [0.4, 0.5) is 0 Å². The minimum atomic E-state index is 0.0295. The van der Waals surface area contributed by atoms with Crippen molar-refractivity contribution in [3.05, 3.63) is 53.5 Å². The molecule has 1 amide bonds. The Balaban J connectivity index is 1.40. The molecule has 136 valence electrons. The van der Waals surface area contributed by atoms with Gasteiger partial charge in [-0.25, -0.2) is 0 Å². The minimum absolute atomic E-state index is 0.0295. The largest absolute Gasteiger partial charge is 0.451 e. The van der Waals surface area contributed by atoms with Gasteiger partial charge in [-0.1, -0.05) is 12.1 Å². The molecule has 0 N–H and O–H groups in total. The van der Waals surface area contributed by atoms with Gasteiger partial charge in [-0.2, -0.15) is 5.10 Å². The lowest BCUT2D eigenvalue weighted by Gasteiger charge is -2.31. The molecule has 1 aliphatic heterocycles. The maximum atomic E-state index is 12.9. The van der Waals surface area contributed by atoms with Crippen LogP contribution < -0.4 is 0 Å². The molecule has 1 aliphatic rings. The second-order valence-corrected chi connectivity index (χ2v) is 7.35. The lowest BCUT2D eigenvalue weighted by atomic mass is 9.93. The number of nitrogens with zero attached hydrogens (tertiary/aromatic N) is 3. The highest BCUT2D eigenvalue weighted by atomic mass is 16.3. The van der Waals surface area contributed by atoms with E-state index in [4.69, 9.17) is 4.42 Å². The molecule has 3 heterocycles. The highest BCUT2D eigenvalue weighted by Gasteiger charge is 2.27. The fraction of sp³-hybridized carbons (Fsp3) is 0.429. The van der Waals surface area contributed by atoms with E-state index in [-0.39, 0.29) is 5.91 Å². The first-order chi connectivity index (χ1) is 12.6. The van der Waals surface area contributed by atoms with Crippen molar-refractivity contribution in [3.63, 3.8) is 0 Å². The molecule has 3 aromatic rings. The van der Waals surface area contributed by atoms with Gasteiger partial charge in [-0.05, 0) is 56.7 Å². The molecule has 1 fully saturated rings. The molecule has 2 aromatic heterocycles. The van der Waals surface area contributed by atoms with E-state index in [0.717, 1.165) is 61.0 Å². The van der Waals surface area contributed by atoms with Crippen molar-refractivity contribution in [2.24, 2.45) is 5.92 Å². The highest BCUT2D eigenvalue weighted by molar-refractivity contribution is 5.99. The van der Waals surface area contributed by atoms with Crippen molar-refractivity contribution in [1.82, 2.24) is 14.7 Å². The number of fused-ring (bicyclic) bond motifs is 1. The molecule has 5 nitrogen and oxygen atoms in total. The number of piperidine rings is 1. The van der Waals surface area contributed by atoms with E-state index < -0.39 is 0 Å². The highest BCUT2D eigenvalue weighted by Crippen LogP contribution is 2.29. The van der Waals surface area contributed by atoms with Gasteiger partial charge in [0.2, 0.25) is 0 Å². The second-order valence-electron chi connectivity index (χ2n) is 7.35. The van der Waals surface area contributed by atoms with Crippen molar-refractivity contribution in [2.45, 2.75) is 39.7 Å². The summed E-state index contributed by atoms with van der Waals surface area (Å²) < 4.78 is 7.90. The van der Waals surface area contributed by atoms with Gasteiger partial charge in [-0.3, -0.25) is 9.48 Å². The lowest BCUT2D eigenvalue weighted by molar-refractivity contribution is 0.0654. The zero-order valence-corrected chi connectivity index (χ0v) is 15.4. The van der Waals surface area contributed by atoms with Crippen LogP contribution in [0.2, 0.25) is 0 Å². The first-order valence-electron chi connectivity index (χ1n) is 9.38. The van der Waals surface area contributed by atoms with Crippen molar-refractivity contribution >= 4 is 16.9 Å². The Morgan fingerprint density at radius 1 is 1.27 bits per heavy atom. The van der Waals surface area contributed by atoms with Crippen molar-refractivity contribution in [3.8, 4) is 0 Å². The number of hydrogen-bond donors (Lipinski definition) is 0. The van der Waals surface area contributed by atoms with E-state index >= 15 is 0 Å². The summed E-state index contributed by atoms with van der Waals surface area (Å²) in [6.07, 6.45) is 7.03. The molecule has 0 radical (unpaired) electrons. The summed E-state index contributed by atoms with van der Waals surface area (Å²) in [6, 6.07) is 8.06. The van der Waals surface area contributed by atoms with Gasteiger partial charge < -0.3 is 9.32 Å². The molecule has 0 unspecified atom stereocenters. The molecular formula is C21H25N3O2. The standard InChI is InChI=1S/C21H25N3O2/c1-15-4-5-18-16(2)20(26-19(18)14-15)21(25)23-11-6-17(7-12-23)8-13-24-10-3-9-22-24/h3-5,9-10,14,17H,6-8,11-13H2,1-2H3. The van der Waals surface area contributed by atoms with Gasteiger partial charge in [-0.15, -0.1) is 0 Å². The average molecular weight is 351 g/mol. The van der Waals surface area contributed by atoms with Crippen molar-refractivity contribution < 1.29 is 9.21 Å². The van der Waals surface area contributed by atoms with E-state index in [2.05, 4.69) is 11.2 Å². The van der Waals surface area contributed by atoms with E-state index in [1.54, 1.807) is 0 Å². The van der Waals surface area contributed by atoms with Crippen LogP contribution in [-0.2, 0) is 6.54 Å². The molecule has 0 bridgehead atoms. The molecule has 26 heavy (non-hydrogen) atoms. The number of carbonyl (C=O) groups is 1. The number of aromatic nitrogens is 2. The summed E-state index contributed by atoms with van der Waals surface area (Å²) in [5.41, 5.74) is 2.90. The molecule has 5 heteroatoms. The van der Waals surface area contributed by atoms with Crippen LogP contribution in [-0.4, -0.2) is 33.7 Å². The smallest absolute Gasteiger partial charge is 0.289 e. The Kier molecular flexibility index (Phi) is 4.53. The average Bonchev–Trinajstić information content (AvgIpc) is 3.28. The Morgan fingerprint density at radius 2 is 2.08 bits per heavy atom. The summed E-state index contributed by atoms with van der Waals surface area (Å²) in [4.78, 5) is 14.9. The first-order valence-corrected chi connectivity index (χ1v) is 9.38. The van der Waals surface area contributed by atoms with Crippen molar-refractivity contribution in [2.75, 3.05) is 13.1 Å². The topological polar surface area (TPSA) is 51.3 Å². The van der Waals surface area contributed by atoms with Gasteiger partial charge in [0.15, 0.2) is 5.76 Å². The number of carbonyl (C=O) groups excluding carboxylic acids is 1. The summed E-state index contributed by atoms with van der Waals surface area (Å²) in [5, 5.41) is 5.30. The molecule has 0 saturated carbocycles. The zero-order valence-electron chi connectivity index (χ0n) is 15.4. The summed E-state index contributed by atoms with van der Waals surface area (Å²) in [7, 11) is 0. The molecule has 0 aliphatic carbocycles. The van der Waals surface area contributed by atoms with E-state index in [9.17, 15) is 4.79 Å². The predicted octanol–water partition coefficient (Wildman–Crippen LogP) is 4.19. The zero-order chi connectivity index (χ0) is 18.1. The second kappa shape index (κ2) is 6.98. The molecule has 4 rings (SSSR count). The third-order valence-corrected chi connectivity index (χ3v) is 5.52. The van der Waals surface area contributed by atoms with Crippen LogP contribution in [0.15, 0.2) is 41.1 Å². The van der Waals surface area contributed by atoms with E-state index in [1.807, 2.05) is 54.0 Å².